The molecule has 118 valence electrons. The number of carbonyl (C=O) groups excluding carboxylic acids is 1. The first-order valence-corrected chi connectivity index (χ1v) is 7.91. The molecule has 0 unspecified atom stereocenters. The quantitative estimate of drug-likeness (QED) is 0.790. The van der Waals surface area contributed by atoms with Crippen LogP contribution in [0, 0.1) is 0 Å². The predicted octanol–water partition coefficient (Wildman–Crippen LogP) is 2.08. The van der Waals surface area contributed by atoms with Crippen molar-refractivity contribution in [3.05, 3.63) is 23.0 Å². The lowest BCUT2D eigenvalue weighted by atomic mass is 9.94. The van der Waals surface area contributed by atoms with Crippen LogP contribution < -0.4 is 11.1 Å². The minimum Gasteiger partial charge on any atom is -0.378 e. The van der Waals surface area contributed by atoms with E-state index in [4.69, 9.17) is 22.1 Å². The molecule has 1 amide bonds. The fourth-order valence-electron chi connectivity index (χ4n) is 2.62. The van der Waals surface area contributed by atoms with Crippen molar-refractivity contribution in [1.29, 1.82) is 0 Å². The number of aromatic nitrogens is 1. The van der Waals surface area contributed by atoms with E-state index in [2.05, 4.69) is 5.32 Å². The summed E-state index contributed by atoms with van der Waals surface area (Å²) in [5.41, 5.74) is 6.43. The van der Waals surface area contributed by atoms with Crippen molar-refractivity contribution in [3.8, 4) is 0 Å². The minimum absolute atomic E-state index is 0.104. The van der Waals surface area contributed by atoms with E-state index in [1.54, 1.807) is 23.9 Å². The summed E-state index contributed by atoms with van der Waals surface area (Å²) in [7, 11) is 1.80. The van der Waals surface area contributed by atoms with Gasteiger partial charge in [0.1, 0.15) is 5.69 Å². The predicted molar refractivity (Wildman–Crippen MR) is 83.6 cm³/mol. The monoisotopic (exact) mass is 313 g/mol. The van der Waals surface area contributed by atoms with Gasteiger partial charge in [0.15, 0.2) is 0 Å². The van der Waals surface area contributed by atoms with Gasteiger partial charge in [0.25, 0.3) is 5.91 Å². The number of halogens is 1. The van der Waals surface area contributed by atoms with Crippen LogP contribution in [-0.2, 0) is 11.8 Å². The zero-order chi connectivity index (χ0) is 15.2. The molecule has 2 rings (SSSR count). The van der Waals surface area contributed by atoms with Crippen molar-refractivity contribution in [2.75, 3.05) is 13.2 Å². The Morgan fingerprint density at radius 2 is 2.19 bits per heavy atom. The summed E-state index contributed by atoms with van der Waals surface area (Å²) in [6.45, 7) is 1.28. The molecule has 6 heteroatoms. The van der Waals surface area contributed by atoms with Gasteiger partial charge >= 0.3 is 0 Å². The lowest BCUT2D eigenvalue weighted by Crippen LogP contribution is -2.31. The molecule has 0 aromatic carbocycles. The molecule has 3 N–H and O–H groups in total. The third-order valence-electron chi connectivity index (χ3n) is 3.88. The van der Waals surface area contributed by atoms with E-state index in [0.717, 1.165) is 32.1 Å². The zero-order valence-corrected chi connectivity index (χ0v) is 13.2. The second-order valence-electron chi connectivity index (χ2n) is 5.67. The lowest BCUT2D eigenvalue weighted by molar-refractivity contribution is 0.0241. The summed E-state index contributed by atoms with van der Waals surface area (Å²) < 4.78 is 7.54. The smallest absolute Gasteiger partial charge is 0.267 e. The molecule has 1 aliphatic carbocycles. The van der Waals surface area contributed by atoms with Crippen molar-refractivity contribution >= 4 is 17.5 Å². The molecule has 1 aliphatic rings. The zero-order valence-electron chi connectivity index (χ0n) is 12.5. The van der Waals surface area contributed by atoms with E-state index >= 15 is 0 Å². The van der Waals surface area contributed by atoms with Crippen LogP contribution in [0.2, 0.25) is 5.02 Å². The number of amides is 1. The van der Waals surface area contributed by atoms with E-state index in [1.165, 1.54) is 0 Å². The van der Waals surface area contributed by atoms with E-state index in [-0.39, 0.29) is 5.91 Å². The summed E-state index contributed by atoms with van der Waals surface area (Å²) in [6, 6.07) is 2.01. The number of carbonyl (C=O) groups is 1. The molecule has 0 radical (unpaired) electrons. The van der Waals surface area contributed by atoms with Crippen molar-refractivity contribution in [2.24, 2.45) is 12.8 Å². The first kappa shape index (κ1) is 16.3. The van der Waals surface area contributed by atoms with Crippen molar-refractivity contribution in [1.82, 2.24) is 9.88 Å². The minimum atomic E-state index is -0.104. The highest BCUT2D eigenvalue weighted by Crippen LogP contribution is 2.19. The van der Waals surface area contributed by atoms with E-state index in [0.29, 0.717) is 36.0 Å². The van der Waals surface area contributed by atoms with E-state index in [1.807, 2.05) is 0 Å². The standard InChI is InChI=1S/C15H24ClN3O2/c1-19-10-11(16)9-14(19)15(20)18-7-2-8-21-13-5-3-12(17)4-6-13/h9-10,12-13H,2-8,17H2,1H3,(H,18,20). The maximum Gasteiger partial charge on any atom is 0.267 e. The molecule has 1 aromatic heterocycles. The van der Waals surface area contributed by atoms with Gasteiger partial charge in [0.05, 0.1) is 11.1 Å². The van der Waals surface area contributed by atoms with Crippen LogP contribution in [0.15, 0.2) is 12.3 Å². The first-order chi connectivity index (χ1) is 10.1. The molecule has 5 nitrogen and oxygen atoms in total. The Balaban J connectivity index is 1.59. The molecule has 21 heavy (non-hydrogen) atoms. The van der Waals surface area contributed by atoms with Crippen LogP contribution in [0.25, 0.3) is 0 Å². The fraction of sp³-hybridized carbons (Fsp3) is 0.667. The van der Waals surface area contributed by atoms with Gasteiger partial charge in [-0.05, 0) is 38.2 Å². The fourth-order valence-corrected chi connectivity index (χ4v) is 2.87. The van der Waals surface area contributed by atoms with Gasteiger partial charge in [-0.3, -0.25) is 4.79 Å². The number of nitrogens with zero attached hydrogens (tertiary/aromatic N) is 1. The van der Waals surface area contributed by atoms with Gasteiger partial charge < -0.3 is 20.4 Å². The number of nitrogens with one attached hydrogen (secondary N) is 1. The van der Waals surface area contributed by atoms with Crippen molar-refractivity contribution in [3.63, 3.8) is 0 Å². The highest BCUT2D eigenvalue weighted by molar-refractivity contribution is 6.31. The van der Waals surface area contributed by atoms with Gasteiger partial charge in [-0.25, -0.2) is 0 Å². The Morgan fingerprint density at radius 1 is 1.48 bits per heavy atom. The SMILES string of the molecule is Cn1cc(Cl)cc1C(=O)NCCCOC1CCC(N)CC1. The largest absolute Gasteiger partial charge is 0.378 e. The second kappa shape index (κ2) is 7.82. The van der Waals surface area contributed by atoms with Gasteiger partial charge in [-0.2, -0.15) is 0 Å². The van der Waals surface area contributed by atoms with Crippen LogP contribution in [0.3, 0.4) is 0 Å². The third kappa shape index (κ3) is 5.02. The second-order valence-corrected chi connectivity index (χ2v) is 6.11. The number of hydrogen-bond donors (Lipinski definition) is 2. The molecule has 0 bridgehead atoms. The van der Waals surface area contributed by atoms with E-state index in [9.17, 15) is 4.79 Å². The third-order valence-corrected chi connectivity index (χ3v) is 4.09. The molecular weight excluding hydrogens is 290 g/mol. The number of rotatable bonds is 6. The number of aryl methyl sites for hydroxylation is 1. The summed E-state index contributed by atoms with van der Waals surface area (Å²) in [5.74, 6) is -0.104. The van der Waals surface area contributed by atoms with Gasteiger partial charge in [0.2, 0.25) is 0 Å². The van der Waals surface area contributed by atoms with Crippen LogP contribution in [-0.4, -0.2) is 35.8 Å². The molecule has 0 spiro atoms. The lowest BCUT2D eigenvalue weighted by Gasteiger charge is -2.26. The molecule has 1 fully saturated rings. The van der Waals surface area contributed by atoms with Crippen LogP contribution in [0.5, 0.6) is 0 Å². The average molecular weight is 314 g/mol. The Kier molecular flexibility index (Phi) is 6.08. The first-order valence-electron chi connectivity index (χ1n) is 7.53. The Morgan fingerprint density at radius 3 is 2.81 bits per heavy atom. The van der Waals surface area contributed by atoms with Crippen LogP contribution in [0.1, 0.15) is 42.6 Å². The highest BCUT2D eigenvalue weighted by Gasteiger charge is 2.18. The number of ether oxygens (including phenoxy) is 1. The van der Waals surface area contributed by atoms with Crippen LogP contribution >= 0.6 is 11.6 Å². The molecule has 1 aromatic rings. The summed E-state index contributed by atoms with van der Waals surface area (Å²) in [5, 5.41) is 3.45. The molecular formula is C15H24ClN3O2. The van der Waals surface area contributed by atoms with Gasteiger partial charge in [-0.15, -0.1) is 0 Å². The van der Waals surface area contributed by atoms with Crippen molar-refractivity contribution in [2.45, 2.75) is 44.2 Å². The molecule has 0 aliphatic heterocycles. The van der Waals surface area contributed by atoms with E-state index < -0.39 is 0 Å². The topological polar surface area (TPSA) is 69.3 Å². The van der Waals surface area contributed by atoms with Gasteiger partial charge in [0, 0.05) is 32.4 Å². The number of nitrogens with two attached hydrogens (primary N) is 1. The van der Waals surface area contributed by atoms with Crippen LogP contribution in [0.4, 0.5) is 0 Å². The Hall–Kier alpha value is -1.04. The Labute approximate surface area is 130 Å². The highest BCUT2D eigenvalue weighted by atomic mass is 35.5. The summed E-state index contributed by atoms with van der Waals surface area (Å²) in [6.07, 6.45) is 7.07. The average Bonchev–Trinajstić information content (AvgIpc) is 2.79. The normalized spacial score (nSPS) is 22.2. The molecule has 0 saturated heterocycles. The van der Waals surface area contributed by atoms with Gasteiger partial charge in [-0.1, -0.05) is 11.6 Å². The molecule has 1 saturated carbocycles. The summed E-state index contributed by atoms with van der Waals surface area (Å²) >= 11 is 5.86. The van der Waals surface area contributed by atoms with Crippen molar-refractivity contribution < 1.29 is 9.53 Å². The Bertz CT molecular complexity index is 467. The molecule has 0 atom stereocenters. The summed E-state index contributed by atoms with van der Waals surface area (Å²) in [4.78, 5) is 11.9. The maximum atomic E-state index is 11.9. The molecule has 1 heterocycles. The number of hydrogen-bond acceptors (Lipinski definition) is 3. The maximum absolute atomic E-state index is 11.9.